The number of carbonyl (C=O) groups is 1. The standard InChI is InChI=1S/C29H34N8O/c38-28(37-18-16-36(17-19-37)15-5-14-35-12-3-4-13-35)27-21-22-20-23(7-8-24(22)33-27)32-29-31-11-9-26(34-29)25-6-1-2-10-30-25/h1-2,6-11,20-21,33H,3-5,12-19H2,(H,31,32,34). The smallest absolute Gasteiger partial charge is 0.270 e. The fourth-order valence-corrected chi connectivity index (χ4v) is 5.40. The van der Waals surface area contributed by atoms with Gasteiger partial charge in [-0.2, -0.15) is 0 Å². The van der Waals surface area contributed by atoms with Crippen molar-refractivity contribution in [2.75, 3.05) is 57.7 Å². The van der Waals surface area contributed by atoms with Crippen LogP contribution in [0.25, 0.3) is 22.3 Å². The maximum absolute atomic E-state index is 13.2. The van der Waals surface area contributed by atoms with Gasteiger partial charge in [-0.1, -0.05) is 6.07 Å². The summed E-state index contributed by atoms with van der Waals surface area (Å²) in [7, 11) is 0. The van der Waals surface area contributed by atoms with E-state index >= 15 is 0 Å². The predicted molar refractivity (Wildman–Crippen MR) is 149 cm³/mol. The lowest BCUT2D eigenvalue weighted by molar-refractivity contribution is 0.0628. The van der Waals surface area contributed by atoms with Crippen LogP contribution in [0.1, 0.15) is 29.8 Å². The molecule has 6 rings (SSSR count). The minimum absolute atomic E-state index is 0.0684. The van der Waals surface area contributed by atoms with Gasteiger partial charge in [-0.15, -0.1) is 0 Å². The third-order valence-electron chi connectivity index (χ3n) is 7.50. The van der Waals surface area contributed by atoms with Crippen LogP contribution in [-0.4, -0.2) is 92.9 Å². The molecule has 2 N–H and O–H groups in total. The van der Waals surface area contributed by atoms with Gasteiger partial charge in [0.25, 0.3) is 5.91 Å². The molecular formula is C29H34N8O. The summed E-state index contributed by atoms with van der Waals surface area (Å²) >= 11 is 0. The first kappa shape index (κ1) is 24.5. The molecule has 9 heteroatoms. The fourth-order valence-electron chi connectivity index (χ4n) is 5.40. The number of anilines is 2. The van der Waals surface area contributed by atoms with E-state index in [-0.39, 0.29) is 5.91 Å². The van der Waals surface area contributed by atoms with E-state index in [1.807, 2.05) is 53.4 Å². The molecule has 2 aliphatic rings. The van der Waals surface area contributed by atoms with Crippen LogP contribution >= 0.6 is 0 Å². The molecule has 4 aromatic rings. The van der Waals surface area contributed by atoms with Crippen molar-refractivity contribution in [2.24, 2.45) is 0 Å². The van der Waals surface area contributed by atoms with Gasteiger partial charge < -0.3 is 20.1 Å². The first-order valence-corrected chi connectivity index (χ1v) is 13.6. The Labute approximate surface area is 222 Å². The van der Waals surface area contributed by atoms with E-state index in [1.54, 1.807) is 12.4 Å². The number of hydrogen-bond donors (Lipinski definition) is 2. The Hall–Kier alpha value is -3.82. The summed E-state index contributed by atoms with van der Waals surface area (Å²) < 4.78 is 0. The van der Waals surface area contributed by atoms with Gasteiger partial charge in [0, 0.05) is 55.2 Å². The Balaban J connectivity index is 1.06. The Bertz CT molecular complexity index is 1370. The van der Waals surface area contributed by atoms with E-state index in [9.17, 15) is 4.79 Å². The molecule has 0 atom stereocenters. The molecule has 9 nitrogen and oxygen atoms in total. The van der Waals surface area contributed by atoms with E-state index < -0.39 is 0 Å². The zero-order valence-corrected chi connectivity index (χ0v) is 21.6. The highest BCUT2D eigenvalue weighted by Crippen LogP contribution is 2.24. The quantitative estimate of drug-likeness (QED) is 0.370. The van der Waals surface area contributed by atoms with Crippen LogP contribution in [0.2, 0.25) is 0 Å². The normalized spacial score (nSPS) is 16.8. The molecule has 38 heavy (non-hydrogen) atoms. The van der Waals surface area contributed by atoms with E-state index in [4.69, 9.17) is 0 Å². The maximum Gasteiger partial charge on any atom is 0.270 e. The van der Waals surface area contributed by atoms with Crippen LogP contribution in [0, 0.1) is 0 Å². The number of likely N-dealkylation sites (tertiary alicyclic amines) is 1. The largest absolute Gasteiger partial charge is 0.351 e. The lowest BCUT2D eigenvalue weighted by atomic mass is 10.2. The van der Waals surface area contributed by atoms with Crippen LogP contribution < -0.4 is 5.32 Å². The van der Waals surface area contributed by atoms with Crippen LogP contribution in [-0.2, 0) is 0 Å². The second-order valence-corrected chi connectivity index (χ2v) is 10.1. The molecule has 196 valence electrons. The molecule has 0 unspecified atom stereocenters. The summed E-state index contributed by atoms with van der Waals surface area (Å²) in [4.78, 5) is 36.9. The van der Waals surface area contributed by atoms with Crippen molar-refractivity contribution in [2.45, 2.75) is 19.3 Å². The summed E-state index contributed by atoms with van der Waals surface area (Å²) in [6.07, 6.45) is 7.38. The number of aromatic amines is 1. The van der Waals surface area contributed by atoms with E-state index in [0.29, 0.717) is 11.6 Å². The number of fused-ring (bicyclic) bond motifs is 1. The first-order chi connectivity index (χ1) is 18.7. The number of nitrogens with one attached hydrogen (secondary N) is 2. The summed E-state index contributed by atoms with van der Waals surface area (Å²) in [5.41, 5.74) is 3.97. The lowest BCUT2D eigenvalue weighted by Gasteiger charge is -2.34. The second kappa shape index (κ2) is 11.3. The molecule has 5 heterocycles. The number of amides is 1. The monoisotopic (exact) mass is 510 g/mol. The molecule has 0 spiro atoms. The topological polar surface area (TPSA) is 93.3 Å². The van der Waals surface area contributed by atoms with Gasteiger partial charge in [0.1, 0.15) is 5.69 Å². The Kier molecular flexibility index (Phi) is 7.28. The van der Waals surface area contributed by atoms with Crippen molar-refractivity contribution in [3.05, 3.63) is 66.6 Å². The number of rotatable bonds is 8. The highest BCUT2D eigenvalue weighted by molar-refractivity contribution is 5.98. The number of piperazine rings is 1. The molecule has 1 aromatic carbocycles. The number of hydrogen-bond acceptors (Lipinski definition) is 7. The number of pyridine rings is 1. The first-order valence-electron chi connectivity index (χ1n) is 13.6. The molecule has 3 aromatic heterocycles. The number of H-pyrrole nitrogens is 1. The van der Waals surface area contributed by atoms with Gasteiger partial charge in [-0.25, -0.2) is 9.97 Å². The molecule has 2 saturated heterocycles. The van der Waals surface area contributed by atoms with Crippen molar-refractivity contribution in [1.82, 2.24) is 34.6 Å². The molecular weight excluding hydrogens is 476 g/mol. The Morgan fingerprint density at radius 3 is 2.45 bits per heavy atom. The second-order valence-electron chi connectivity index (χ2n) is 10.1. The molecule has 0 aliphatic carbocycles. The van der Waals surface area contributed by atoms with Crippen LogP contribution in [0.5, 0.6) is 0 Å². The Morgan fingerprint density at radius 2 is 1.66 bits per heavy atom. The highest BCUT2D eigenvalue weighted by atomic mass is 16.2. The van der Waals surface area contributed by atoms with Gasteiger partial charge in [-0.05, 0) is 87.9 Å². The van der Waals surface area contributed by atoms with E-state index in [0.717, 1.165) is 60.7 Å². The van der Waals surface area contributed by atoms with Crippen molar-refractivity contribution in [3.8, 4) is 11.4 Å². The number of carbonyl (C=O) groups excluding carboxylic acids is 1. The summed E-state index contributed by atoms with van der Waals surface area (Å²) in [5, 5.41) is 4.25. The van der Waals surface area contributed by atoms with Crippen LogP contribution in [0.3, 0.4) is 0 Å². The number of nitrogens with zero attached hydrogens (tertiary/aromatic N) is 6. The zero-order valence-electron chi connectivity index (χ0n) is 21.6. The number of benzene rings is 1. The SMILES string of the molecule is O=C(c1cc2cc(Nc3nccc(-c4ccccn4)n3)ccc2[nH]1)N1CCN(CCCN2CCCC2)CC1. The van der Waals surface area contributed by atoms with E-state index in [2.05, 4.69) is 35.1 Å². The van der Waals surface area contributed by atoms with Gasteiger partial charge in [0.2, 0.25) is 5.95 Å². The summed E-state index contributed by atoms with van der Waals surface area (Å²) in [6.45, 7) is 8.27. The maximum atomic E-state index is 13.2. The predicted octanol–water partition coefficient (Wildman–Crippen LogP) is 4.01. The summed E-state index contributed by atoms with van der Waals surface area (Å²) in [6, 6.07) is 15.5. The molecule has 0 radical (unpaired) electrons. The van der Waals surface area contributed by atoms with Crippen LogP contribution in [0.15, 0.2) is 60.9 Å². The van der Waals surface area contributed by atoms with Crippen molar-refractivity contribution in [1.29, 1.82) is 0 Å². The highest BCUT2D eigenvalue weighted by Gasteiger charge is 2.23. The van der Waals surface area contributed by atoms with Crippen molar-refractivity contribution in [3.63, 3.8) is 0 Å². The minimum atomic E-state index is 0.0684. The summed E-state index contributed by atoms with van der Waals surface area (Å²) in [5.74, 6) is 0.566. The molecule has 0 saturated carbocycles. The average Bonchev–Trinajstić information content (AvgIpc) is 3.64. The zero-order chi connectivity index (χ0) is 25.7. The van der Waals surface area contributed by atoms with Crippen LogP contribution in [0.4, 0.5) is 11.6 Å². The van der Waals surface area contributed by atoms with Gasteiger partial charge in [0.15, 0.2) is 0 Å². The molecule has 2 fully saturated rings. The van der Waals surface area contributed by atoms with Gasteiger partial charge in [-0.3, -0.25) is 14.7 Å². The Morgan fingerprint density at radius 1 is 0.842 bits per heavy atom. The van der Waals surface area contributed by atoms with Gasteiger partial charge in [0.05, 0.1) is 11.4 Å². The lowest BCUT2D eigenvalue weighted by Crippen LogP contribution is -2.49. The van der Waals surface area contributed by atoms with Crippen molar-refractivity contribution >= 4 is 28.4 Å². The molecule has 0 bridgehead atoms. The fraction of sp³-hybridized carbons (Fsp3) is 0.379. The average molecular weight is 511 g/mol. The van der Waals surface area contributed by atoms with Crippen molar-refractivity contribution < 1.29 is 4.79 Å². The molecule has 1 amide bonds. The number of aromatic nitrogens is 4. The third kappa shape index (κ3) is 5.69. The molecule has 2 aliphatic heterocycles. The van der Waals surface area contributed by atoms with Gasteiger partial charge >= 0.3 is 0 Å². The minimum Gasteiger partial charge on any atom is -0.351 e. The van der Waals surface area contributed by atoms with E-state index in [1.165, 1.54) is 38.9 Å². The third-order valence-corrected chi connectivity index (χ3v) is 7.50.